The maximum atomic E-state index is 9.27. The van der Waals surface area contributed by atoms with E-state index in [4.69, 9.17) is 22.7 Å². The van der Waals surface area contributed by atoms with E-state index in [1.807, 2.05) is 29.2 Å². The fourth-order valence-corrected chi connectivity index (χ4v) is 2.22. The lowest BCUT2D eigenvalue weighted by Crippen LogP contribution is -2.41. The average Bonchev–Trinajstić information content (AvgIpc) is 2.53. The molecule has 0 saturated carbocycles. The van der Waals surface area contributed by atoms with Crippen LogP contribution in [0.25, 0.3) is 0 Å². The second-order valence-electron chi connectivity index (χ2n) is 4.56. The molecule has 2 rings (SSSR count). The number of allylic oxidation sites excluding steroid dienone is 1. The largest absolute Gasteiger partial charge is 0.496 e. The zero-order chi connectivity index (χ0) is 15.9. The third-order valence-corrected chi connectivity index (χ3v) is 3.24. The van der Waals surface area contributed by atoms with Gasteiger partial charge in [-0.15, -0.1) is 0 Å². The van der Waals surface area contributed by atoms with Crippen molar-refractivity contribution in [1.82, 2.24) is 15.3 Å². The lowest BCUT2D eigenvalue weighted by molar-refractivity contribution is 0.377. The van der Waals surface area contributed by atoms with Crippen molar-refractivity contribution in [3.8, 4) is 11.8 Å². The number of nitrogens with zero attached hydrogens (tertiary/aromatic N) is 3. The Labute approximate surface area is 135 Å². The van der Waals surface area contributed by atoms with Gasteiger partial charge >= 0.3 is 0 Å². The van der Waals surface area contributed by atoms with E-state index >= 15 is 0 Å². The summed E-state index contributed by atoms with van der Waals surface area (Å²) in [5, 5.41) is 11.0. The lowest BCUT2D eigenvalue weighted by atomic mass is 10.1. The topological polar surface area (TPSA) is 77.6 Å². The van der Waals surface area contributed by atoms with Crippen LogP contribution < -0.4 is 15.9 Å². The van der Waals surface area contributed by atoms with Crippen molar-refractivity contribution in [3.05, 3.63) is 54.1 Å². The van der Waals surface area contributed by atoms with E-state index in [2.05, 4.69) is 11.5 Å². The Hall–Kier alpha value is -2.72. The molecule has 0 aromatic heterocycles. The van der Waals surface area contributed by atoms with Crippen molar-refractivity contribution in [2.24, 2.45) is 5.73 Å². The first-order valence-electron chi connectivity index (χ1n) is 6.67. The molecular formula is C15H17N5OS. The van der Waals surface area contributed by atoms with Gasteiger partial charge in [-0.1, -0.05) is 18.2 Å². The van der Waals surface area contributed by atoms with Gasteiger partial charge in [0.25, 0.3) is 0 Å². The Bertz CT molecular complexity index is 650. The molecule has 0 atom stereocenters. The van der Waals surface area contributed by atoms with Crippen LogP contribution in [0.5, 0.6) is 5.75 Å². The number of nitriles is 1. The van der Waals surface area contributed by atoms with E-state index in [0.29, 0.717) is 12.2 Å². The summed E-state index contributed by atoms with van der Waals surface area (Å²) < 4.78 is 5.34. The summed E-state index contributed by atoms with van der Waals surface area (Å²) in [7, 11) is 1.65. The third kappa shape index (κ3) is 3.90. The van der Waals surface area contributed by atoms with E-state index in [0.717, 1.165) is 17.7 Å². The molecule has 0 aliphatic carbocycles. The van der Waals surface area contributed by atoms with Crippen LogP contribution in [0.15, 0.2) is 48.6 Å². The summed E-state index contributed by atoms with van der Waals surface area (Å²) in [6.07, 6.45) is 5.96. The van der Waals surface area contributed by atoms with Crippen molar-refractivity contribution in [2.45, 2.75) is 6.42 Å². The second kappa shape index (κ2) is 7.33. The van der Waals surface area contributed by atoms with Gasteiger partial charge in [0.2, 0.25) is 0 Å². The van der Waals surface area contributed by atoms with Gasteiger partial charge in [0.1, 0.15) is 17.5 Å². The summed E-state index contributed by atoms with van der Waals surface area (Å²) in [5.41, 5.74) is 9.75. The van der Waals surface area contributed by atoms with Crippen molar-refractivity contribution in [2.75, 3.05) is 13.7 Å². The minimum absolute atomic E-state index is 0.140. The molecule has 0 saturated heterocycles. The number of thiocarbonyl (C=S) groups is 1. The molecule has 114 valence electrons. The highest BCUT2D eigenvalue weighted by atomic mass is 32.1. The molecule has 0 bridgehead atoms. The number of nitrogens with one attached hydrogen (secondary N) is 1. The van der Waals surface area contributed by atoms with Gasteiger partial charge in [0.05, 0.1) is 13.3 Å². The monoisotopic (exact) mass is 315 g/mol. The summed E-state index contributed by atoms with van der Waals surface area (Å²) in [5.74, 6) is 0.850. The van der Waals surface area contributed by atoms with Gasteiger partial charge in [-0.25, -0.2) is 0 Å². The Morgan fingerprint density at radius 2 is 2.18 bits per heavy atom. The van der Waals surface area contributed by atoms with Gasteiger partial charge in [-0.3, -0.25) is 10.4 Å². The molecule has 1 aliphatic rings. The van der Waals surface area contributed by atoms with E-state index in [1.54, 1.807) is 30.7 Å². The smallest absolute Gasteiger partial charge is 0.183 e. The molecule has 22 heavy (non-hydrogen) atoms. The van der Waals surface area contributed by atoms with Crippen molar-refractivity contribution in [3.63, 3.8) is 0 Å². The van der Waals surface area contributed by atoms with E-state index in [1.165, 1.54) is 0 Å². The highest BCUT2D eigenvalue weighted by Gasteiger charge is 2.14. The third-order valence-electron chi connectivity index (χ3n) is 3.15. The molecule has 6 nitrogen and oxygen atoms in total. The molecule has 0 spiro atoms. The SMILES string of the molecule is COc1ccccc1CCN1C=CN(NC(N)=S)C=C1C#N. The van der Waals surface area contributed by atoms with Gasteiger partial charge in [0.15, 0.2) is 5.11 Å². The number of nitrogens with two attached hydrogens (primary N) is 1. The predicted octanol–water partition coefficient (Wildman–Crippen LogP) is 1.44. The second-order valence-corrected chi connectivity index (χ2v) is 5.00. The van der Waals surface area contributed by atoms with Crippen LogP contribution in [0.1, 0.15) is 5.56 Å². The van der Waals surface area contributed by atoms with E-state index < -0.39 is 0 Å². The van der Waals surface area contributed by atoms with Gasteiger partial charge < -0.3 is 15.4 Å². The predicted molar refractivity (Wildman–Crippen MR) is 88.0 cm³/mol. The van der Waals surface area contributed by atoms with Crippen LogP contribution in [-0.4, -0.2) is 28.7 Å². The summed E-state index contributed by atoms with van der Waals surface area (Å²) >= 11 is 4.77. The molecule has 0 radical (unpaired) electrons. The van der Waals surface area contributed by atoms with Crippen LogP contribution in [-0.2, 0) is 6.42 Å². The van der Waals surface area contributed by atoms with Crippen molar-refractivity contribution >= 4 is 17.3 Å². The number of para-hydroxylation sites is 1. The minimum Gasteiger partial charge on any atom is -0.496 e. The summed E-state index contributed by atoms with van der Waals surface area (Å²) in [4.78, 5) is 1.87. The zero-order valence-electron chi connectivity index (χ0n) is 12.2. The average molecular weight is 315 g/mol. The molecule has 1 aromatic carbocycles. The van der Waals surface area contributed by atoms with E-state index in [9.17, 15) is 5.26 Å². The molecule has 1 heterocycles. The molecule has 3 N–H and O–H groups in total. The first-order chi connectivity index (χ1) is 10.6. The van der Waals surface area contributed by atoms with Crippen LogP contribution in [0, 0.1) is 11.3 Å². The number of hydrazine groups is 1. The first kappa shape index (κ1) is 15.7. The number of hydrogen-bond acceptors (Lipinski definition) is 5. The van der Waals surface area contributed by atoms with Crippen LogP contribution in [0.3, 0.4) is 0 Å². The quantitative estimate of drug-likeness (QED) is 0.796. The molecule has 7 heteroatoms. The summed E-state index contributed by atoms with van der Waals surface area (Å²) in [6, 6.07) is 10.0. The first-order valence-corrected chi connectivity index (χ1v) is 7.08. The molecular weight excluding hydrogens is 298 g/mol. The summed E-state index contributed by atoms with van der Waals surface area (Å²) in [6.45, 7) is 0.664. The standard InChI is InChI=1S/C15H17N5OS/c1-21-14-5-3-2-4-12(14)6-7-19-8-9-20(18-15(17)22)11-13(19)10-16/h2-5,8-9,11H,6-7H2,1H3,(H3,17,18,22). The number of ether oxygens (including phenoxy) is 1. The van der Waals surface area contributed by atoms with Crippen LogP contribution in [0.4, 0.5) is 0 Å². The van der Waals surface area contributed by atoms with Gasteiger partial charge in [0, 0.05) is 18.9 Å². The lowest BCUT2D eigenvalue weighted by Gasteiger charge is -2.28. The van der Waals surface area contributed by atoms with Crippen LogP contribution >= 0.6 is 12.2 Å². The highest BCUT2D eigenvalue weighted by molar-refractivity contribution is 7.80. The molecule has 0 fully saturated rings. The highest BCUT2D eigenvalue weighted by Crippen LogP contribution is 2.19. The number of rotatable bonds is 5. The normalized spacial score (nSPS) is 13.4. The maximum absolute atomic E-state index is 9.27. The van der Waals surface area contributed by atoms with Crippen molar-refractivity contribution < 1.29 is 4.74 Å². The number of methoxy groups -OCH3 is 1. The number of hydrogen-bond donors (Lipinski definition) is 2. The minimum atomic E-state index is 0.140. The maximum Gasteiger partial charge on any atom is 0.183 e. The Kier molecular flexibility index (Phi) is 5.22. The number of benzene rings is 1. The Morgan fingerprint density at radius 3 is 2.86 bits per heavy atom. The Morgan fingerprint density at radius 1 is 1.41 bits per heavy atom. The van der Waals surface area contributed by atoms with Crippen LogP contribution in [0.2, 0.25) is 0 Å². The van der Waals surface area contributed by atoms with E-state index in [-0.39, 0.29) is 5.11 Å². The molecule has 0 unspecified atom stereocenters. The molecule has 1 aliphatic heterocycles. The molecule has 0 amide bonds. The zero-order valence-corrected chi connectivity index (χ0v) is 13.0. The molecule has 1 aromatic rings. The van der Waals surface area contributed by atoms with Gasteiger partial charge in [-0.05, 0) is 30.3 Å². The Balaban J connectivity index is 2.03. The fourth-order valence-electron chi connectivity index (χ4n) is 2.12. The van der Waals surface area contributed by atoms with Crippen molar-refractivity contribution in [1.29, 1.82) is 5.26 Å². The fraction of sp³-hybridized carbons (Fsp3) is 0.200. The van der Waals surface area contributed by atoms with Gasteiger partial charge in [-0.2, -0.15) is 5.26 Å².